The Hall–Kier alpha value is -2.07. The largest absolute Gasteiger partial charge is 0.489 e. The molecule has 0 aliphatic carbocycles. The summed E-state index contributed by atoms with van der Waals surface area (Å²) in [6, 6.07) is 8.05. The fourth-order valence-corrected chi connectivity index (χ4v) is 2.09. The molecule has 1 aromatic heterocycles. The molecule has 0 bridgehead atoms. The molecule has 0 atom stereocenters. The number of aromatic nitrogens is 2. The van der Waals surface area contributed by atoms with Crippen molar-refractivity contribution in [2.45, 2.75) is 20.0 Å². The normalized spacial score (nSPS) is 10.5. The Bertz CT molecular complexity index is 575. The SMILES string of the molecule is C=CCOc1ccccc1CNCc1cn(C)nc1C. The molecule has 4 nitrogen and oxygen atoms in total. The molecule has 2 aromatic rings. The molecule has 0 aliphatic rings. The summed E-state index contributed by atoms with van der Waals surface area (Å²) in [4.78, 5) is 0. The molecule has 0 fully saturated rings. The Labute approximate surface area is 120 Å². The van der Waals surface area contributed by atoms with Crippen LogP contribution in [0.15, 0.2) is 43.1 Å². The van der Waals surface area contributed by atoms with Crippen LogP contribution in [0.25, 0.3) is 0 Å². The van der Waals surface area contributed by atoms with Gasteiger partial charge in [-0.05, 0) is 13.0 Å². The number of nitrogens with one attached hydrogen (secondary N) is 1. The van der Waals surface area contributed by atoms with Crippen molar-refractivity contribution in [2.24, 2.45) is 7.05 Å². The van der Waals surface area contributed by atoms with Crippen molar-refractivity contribution in [2.75, 3.05) is 6.61 Å². The number of hydrogen-bond donors (Lipinski definition) is 1. The highest BCUT2D eigenvalue weighted by molar-refractivity contribution is 5.33. The Kier molecular flexibility index (Phi) is 4.96. The zero-order valence-corrected chi connectivity index (χ0v) is 12.1. The molecule has 106 valence electrons. The second-order valence-electron chi connectivity index (χ2n) is 4.72. The third-order valence-corrected chi connectivity index (χ3v) is 3.08. The van der Waals surface area contributed by atoms with Crippen LogP contribution < -0.4 is 10.1 Å². The predicted octanol–water partition coefficient (Wildman–Crippen LogP) is 2.58. The van der Waals surface area contributed by atoms with E-state index in [1.165, 1.54) is 5.56 Å². The molecule has 0 radical (unpaired) electrons. The third-order valence-electron chi connectivity index (χ3n) is 3.08. The molecule has 0 aliphatic heterocycles. The number of para-hydroxylation sites is 1. The Morgan fingerprint density at radius 2 is 2.05 bits per heavy atom. The zero-order chi connectivity index (χ0) is 14.4. The van der Waals surface area contributed by atoms with Crippen molar-refractivity contribution in [3.8, 4) is 5.75 Å². The van der Waals surface area contributed by atoms with E-state index in [1.54, 1.807) is 6.08 Å². The molecule has 1 heterocycles. The second-order valence-corrected chi connectivity index (χ2v) is 4.72. The summed E-state index contributed by atoms with van der Waals surface area (Å²) in [5.74, 6) is 0.905. The van der Waals surface area contributed by atoms with E-state index < -0.39 is 0 Å². The summed E-state index contributed by atoms with van der Waals surface area (Å²) in [6.07, 6.45) is 3.80. The smallest absolute Gasteiger partial charge is 0.124 e. The monoisotopic (exact) mass is 271 g/mol. The van der Waals surface area contributed by atoms with Gasteiger partial charge in [-0.2, -0.15) is 5.10 Å². The van der Waals surface area contributed by atoms with E-state index in [0.717, 1.165) is 30.1 Å². The van der Waals surface area contributed by atoms with E-state index in [0.29, 0.717) is 6.61 Å². The molecule has 0 amide bonds. The van der Waals surface area contributed by atoms with Gasteiger partial charge in [-0.1, -0.05) is 30.9 Å². The lowest BCUT2D eigenvalue weighted by Gasteiger charge is -2.10. The topological polar surface area (TPSA) is 39.1 Å². The van der Waals surface area contributed by atoms with Gasteiger partial charge in [-0.3, -0.25) is 4.68 Å². The van der Waals surface area contributed by atoms with Gasteiger partial charge in [0.2, 0.25) is 0 Å². The lowest BCUT2D eigenvalue weighted by atomic mass is 10.2. The van der Waals surface area contributed by atoms with Gasteiger partial charge in [-0.15, -0.1) is 0 Å². The number of nitrogens with zero attached hydrogens (tertiary/aromatic N) is 2. The van der Waals surface area contributed by atoms with Crippen LogP contribution in [0.5, 0.6) is 5.75 Å². The van der Waals surface area contributed by atoms with Crippen LogP contribution in [0.4, 0.5) is 0 Å². The minimum atomic E-state index is 0.527. The van der Waals surface area contributed by atoms with E-state index in [9.17, 15) is 0 Å². The first kappa shape index (κ1) is 14.3. The van der Waals surface area contributed by atoms with E-state index in [4.69, 9.17) is 4.74 Å². The number of hydrogen-bond acceptors (Lipinski definition) is 3. The van der Waals surface area contributed by atoms with E-state index in [2.05, 4.69) is 23.1 Å². The number of ether oxygens (including phenoxy) is 1. The standard InChI is InChI=1S/C16H21N3O/c1-4-9-20-16-8-6-5-7-14(16)10-17-11-15-12-19(3)18-13(15)2/h4-8,12,17H,1,9-11H2,2-3H3. The zero-order valence-electron chi connectivity index (χ0n) is 12.1. The summed E-state index contributed by atoms with van der Waals surface area (Å²) >= 11 is 0. The molecule has 0 unspecified atom stereocenters. The van der Waals surface area contributed by atoms with Crippen LogP contribution in [0.2, 0.25) is 0 Å². The van der Waals surface area contributed by atoms with Crippen LogP contribution in [0.3, 0.4) is 0 Å². The van der Waals surface area contributed by atoms with Crippen molar-refractivity contribution in [3.05, 3.63) is 59.9 Å². The van der Waals surface area contributed by atoms with Crippen molar-refractivity contribution < 1.29 is 4.74 Å². The van der Waals surface area contributed by atoms with Gasteiger partial charge in [0.1, 0.15) is 12.4 Å². The predicted molar refractivity (Wildman–Crippen MR) is 80.6 cm³/mol. The molecule has 0 spiro atoms. The number of benzene rings is 1. The van der Waals surface area contributed by atoms with E-state index in [1.807, 2.05) is 43.0 Å². The van der Waals surface area contributed by atoms with Gasteiger partial charge in [0.25, 0.3) is 0 Å². The second kappa shape index (κ2) is 6.91. The highest BCUT2D eigenvalue weighted by Gasteiger charge is 2.05. The molecule has 4 heteroatoms. The minimum Gasteiger partial charge on any atom is -0.489 e. The molecular formula is C16H21N3O. The maximum atomic E-state index is 5.64. The summed E-state index contributed by atoms with van der Waals surface area (Å²) in [7, 11) is 1.94. The Morgan fingerprint density at radius 3 is 2.75 bits per heavy atom. The average Bonchev–Trinajstić information content (AvgIpc) is 2.76. The molecular weight excluding hydrogens is 250 g/mol. The first-order valence-corrected chi connectivity index (χ1v) is 6.72. The van der Waals surface area contributed by atoms with Crippen LogP contribution in [0.1, 0.15) is 16.8 Å². The van der Waals surface area contributed by atoms with Crippen molar-refractivity contribution >= 4 is 0 Å². The van der Waals surface area contributed by atoms with Crippen molar-refractivity contribution in [1.29, 1.82) is 0 Å². The van der Waals surface area contributed by atoms with Crippen LogP contribution in [-0.4, -0.2) is 16.4 Å². The maximum absolute atomic E-state index is 5.64. The Balaban J connectivity index is 1.93. The summed E-state index contributed by atoms with van der Waals surface area (Å²) in [5.41, 5.74) is 3.43. The van der Waals surface area contributed by atoms with Crippen LogP contribution >= 0.6 is 0 Å². The highest BCUT2D eigenvalue weighted by atomic mass is 16.5. The van der Waals surface area contributed by atoms with Gasteiger partial charge in [0.05, 0.1) is 5.69 Å². The van der Waals surface area contributed by atoms with Gasteiger partial charge in [0.15, 0.2) is 0 Å². The van der Waals surface area contributed by atoms with E-state index in [-0.39, 0.29) is 0 Å². The van der Waals surface area contributed by atoms with Gasteiger partial charge in [0, 0.05) is 37.5 Å². The molecule has 0 saturated carbocycles. The number of rotatable bonds is 7. The minimum absolute atomic E-state index is 0.527. The molecule has 1 N–H and O–H groups in total. The molecule has 1 aromatic carbocycles. The molecule has 0 saturated heterocycles. The fraction of sp³-hybridized carbons (Fsp3) is 0.312. The van der Waals surface area contributed by atoms with Crippen LogP contribution in [-0.2, 0) is 20.1 Å². The summed E-state index contributed by atoms with van der Waals surface area (Å²) in [6.45, 7) is 7.79. The molecule has 2 rings (SSSR count). The first-order valence-electron chi connectivity index (χ1n) is 6.72. The lowest BCUT2D eigenvalue weighted by Crippen LogP contribution is -2.14. The van der Waals surface area contributed by atoms with Crippen molar-refractivity contribution in [1.82, 2.24) is 15.1 Å². The highest BCUT2D eigenvalue weighted by Crippen LogP contribution is 2.18. The van der Waals surface area contributed by atoms with Gasteiger partial charge < -0.3 is 10.1 Å². The van der Waals surface area contributed by atoms with E-state index >= 15 is 0 Å². The van der Waals surface area contributed by atoms with Gasteiger partial charge >= 0.3 is 0 Å². The molecule has 20 heavy (non-hydrogen) atoms. The van der Waals surface area contributed by atoms with Crippen LogP contribution in [0, 0.1) is 6.92 Å². The van der Waals surface area contributed by atoms with Crippen molar-refractivity contribution in [3.63, 3.8) is 0 Å². The fourth-order valence-electron chi connectivity index (χ4n) is 2.09. The quantitative estimate of drug-likeness (QED) is 0.787. The Morgan fingerprint density at radius 1 is 1.30 bits per heavy atom. The van der Waals surface area contributed by atoms with Gasteiger partial charge in [-0.25, -0.2) is 0 Å². The maximum Gasteiger partial charge on any atom is 0.124 e. The lowest BCUT2D eigenvalue weighted by molar-refractivity contribution is 0.358. The average molecular weight is 271 g/mol. The number of aryl methyl sites for hydroxylation is 2. The third kappa shape index (κ3) is 3.71. The summed E-state index contributed by atoms with van der Waals surface area (Å²) in [5, 5.41) is 7.77. The summed E-state index contributed by atoms with van der Waals surface area (Å²) < 4.78 is 7.48. The first-order chi connectivity index (χ1) is 9.70.